The number of pyridine rings is 1. The average molecular weight is 481 g/mol. The van der Waals surface area contributed by atoms with Crippen LogP contribution in [-0.4, -0.2) is 68.9 Å². The number of aromatic amines is 1. The fourth-order valence-electron chi connectivity index (χ4n) is 5.54. The van der Waals surface area contributed by atoms with E-state index in [1.54, 1.807) is 18.0 Å². The van der Waals surface area contributed by atoms with Gasteiger partial charge in [-0.1, -0.05) is 13.8 Å². The smallest absolute Gasteiger partial charge is 0.197 e. The van der Waals surface area contributed by atoms with E-state index in [0.29, 0.717) is 29.7 Å². The molecule has 34 heavy (non-hydrogen) atoms. The van der Waals surface area contributed by atoms with Crippen LogP contribution in [0.2, 0.25) is 0 Å². The number of fused-ring (bicyclic) bond motifs is 2. The summed E-state index contributed by atoms with van der Waals surface area (Å²) in [6, 6.07) is 3.33. The number of nitrogens with zero attached hydrogens (tertiary/aromatic N) is 5. The van der Waals surface area contributed by atoms with Crippen molar-refractivity contribution in [2.75, 3.05) is 27.4 Å². The second-order valence-corrected chi connectivity index (χ2v) is 11.0. The van der Waals surface area contributed by atoms with Crippen LogP contribution in [-0.2, 0) is 4.74 Å². The predicted molar refractivity (Wildman–Crippen MR) is 134 cm³/mol. The molecule has 0 atom stereocenters. The average Bonchev–Trinajstić information content (AvgIpc) is 3.51. The molecule has 1 aliphatic carbocycles. The third-order valence-corrected chi connectivity index (χ3v) is 8.79. The van der Waals surface area contributed by atoms with Gasteiger partial charge in [0.15, 0.2) is 11.4 Å². The Labute approximate surface area is 203 Å². The summed E-state index contributed by atoms with van der Waals surface area (Å²) in [5.74, 6) is 1.61. The van der Waals surface area contributed by atoms with Crippen LogP contribution < -0.4 is 4.74 Å². The molecule has 6 rings (SSSR count). The number of ether oxygens (including phenoxy) is 2. The number of aromatic nitrogens is 5. The second-order valence-electron chi connectivity index (χ2n) is 9.99. The van der Waals surface area contributed by atoms with Crippen molar-refractivity contribution in [2.45, 2.75) is 63.5 Å². The standard InChI is InChI=1S/C25H32N6O2S/c1-14(2)20-21(16-9-19(32-4)23-26-13-27-31(23)10-16)28-25-22(20)29-24(34-25)15-5-7-17(8-6-15)30(3)18-11-33-12-18/h9-10,13-15,17-18,28H,5-8,11-12H2,1-4H3. The highest BCUT2D eigenvalue weighted by Crippen LogP contribution is 2.43. The topological polar surface area (TPSA) is 80.6 Å². The second kappa shape index (κ2) is 8.62. The lowest BCUT2D eigenvalue weighted by Gasteiger charge is -2.42. The van der Waals surface area contributed by atoms with E-state index in [1.807, 2.05) is 23.6 Å². The molecule has 0 bridgehead atoms. The first-order valence-corrected chi connectivity index (χ1v) is 13.0. The Balaban J connectivity index is 1.29. The maximum Gasteiger partial charge on any atom is 0.197 e. The van der Waals surface area contributed by atoms with E-state index in [9.17, 15) is 0 Å². The Bertz CT molecular complexity index is 1310. The molecule has 5 heterocycles. The van der Waals surface area contributed by atoms with Gasteiger partial charge in [-0.3, -0.25) is 4.90 Å². The molecule has 1 N–H and O–H groups in total. The maximum atomic E-state index is 5.59. The van der Waals surface area contributed by atoms with E-state index in [1.165, 1.54) is 36.3 Å². The summed E-state index contributed by atoms with van der Waals surface area (Å²) in [7, 11) is 3.94. The van der Waals surface area contributed by atoms with Crippen molar-refractivity contribution < 1.29 is 9.47 Å². The summed E-state index contributed by atoms with van der Waals surface area (Å²) < 4.78 is 12.8. The molecule has 4 aromatic rings. The fraction of sp³-hybridized carbons (Fsp3) is 0.560. The minimum Gasteiger partial charge on any atom is -0.493 e. The summed E-state index contributed by atoms with van der Waals surface area (Å²) >= 11 is 1.83. The first kappa shape index (κ1) is 22.0. The summed E-state index contributed by atoms with van der Waals surface area (Å²) in [6.07, 6.45) is 8.47. The summed E-state index contributed by atoms with van der Waals surface area (Å²) in [5.41, 5.74) is 5.23. The lowest BCUT2D eigenvalue weighted by atomic mass is 9.85. The maximum absolute atomic E-state index is 5.59. The van der Waals surface area contributed by atoms with E-state index in [-0.39, 0.29) is 0 Å². The number of hydrogen-bond acceptors (Lipinski definition) is 7. The lowest BCUT2D eigenvalue weighted by molar-refractivity contribution is -0.0738. The number of nitrogens with one attached hydrogen (secondary N) is 1. The van der Waals surface area contributed by atoms with Crippen LogP contribution in [0.25, 0.3) is 27.3 Å². The Hall–Kier alpha value is -2.49. The summed E-state index contributed by atoms with van der Waals surface area (Å²) in [6.45, 7) is 6.26. The normalized spacial score (nSPS) is 21.7. The molecule has 4 aromatic heterocycles. The molecule has 0 amide bonds. The molecule has 9 heteroatoms. The van der Waals surface area contributed by atoms with Crippen molar-refractivity contribution >= 4 is 27.3 Å². The van der Waals surface area contributed by atoms with Gasteiger partial charge in [0.2, 0.25) is 0 Å². The number of thiazole rings is 1. The van der Waals surface area contributed by atoms with Gasteiger partial charge in [0.1, 0.15) is 16.7 Å². The zero-order valence-electron chi connectivity index (χ0n) is 20.2. The minimum absolute atomic E-state index is 0.338. The highest BCUT2D eigenvalue weighted by atomic mass is 32.1. The van der Waals surface area contributed by atoms with Crippen molar-refractivity contribution in [3.8, 4) is 17.0 Å². The van der Waals surface area contributed by atoms with Crippen molar-refractivity contribution in [3.05, 3.63) is 29.2 Å². The highest BCUT2D eigenvalue weighted by molar-refractivity contribution is 7.18. The van der Waals surface area contributed by atoms with Gasteiger partial charge in [0.25, 0.3) is 0 Å². The molecule has 180 valence electrons. The van der Waals surface area contributed by atoms with Crippen LogP contribution in [0.5, 0.6) is 5.75 Å². The van der Waals surface area contributed by atoms with Crippen LogP contribution >= 0.6 is 11.3 Å². The quantitative estimate of drug-likeness (QED) is 0.426. The van der Waals surface area contributed by atoms with Gasteiger partial charge < -0.3 is 14.5 Å². The molecule has 1 saturated heterocycles. The van der Waals surface area contributed by atoms with Gasteiger partial charge in [-0.25, -0.2) is 14.5 Å². The van der Waals surface area contributed by atoms with Gasteiger partial charge in [0.05, 0.1) is 37.1 Å². The summed E-state index contributed by atoms with van der Waals surface area (Å²) in [4.78, 5) is 16.9. The zero-order valence-corrected chi connectivity index (χ0v) is 21.1. The van der Waals surface area contributed by atoms with E-state index >= 15 is 0 Å². The molecule has 0 spiro atoms. The predicted octanol–water partition coefficient (Wildman–Crippen LogP) is 4.82. The molecule has 1 saturated carbocycles. The van der Waals surface area contributed by atoms with Gasteiger partial charge >= 0.3 is 0 Å². The molecular weight excluding hydrogens is 448 g/mol. The van der Waals surface area contributed by atoms with E-state index in [2.05, 4.69) is 40.9 Å². The van der Waals surface area contributed by atoms with E-state index in [0.717, 1.165) is 40.5 Å². The third-order valence-electron chi connectivity index (χ3n) is 7.65. The van der Waals surface area contributed by atoms with Crippen molar-refractivity contribution in [1.82, 2.24) is 29.5 Å². The molecule has 2 aliphatic rings. The lowest BCUT2D eigenvalue weighted by Crippen LogP contribution is -2.52. The Morgan fingerprint density at radius 3 is 2.68 bits per heavy atom. The van der Waals surface area contributed by atoms with Gasteiger partial charge in [-0.05, 0) is 44.7 Å². The van der Waals surface area contributed by atoms with Gasteiger partial charge in [-0.2, -0.15) is 5.10 Å². The Morgan fingerprint density at radius 2 is 2.00 bits per heavy atom. The van der Waals surface area contributed by atoms with Crippen LogP contribution in [0.15, 0.2) is 18.6 Å². The fourth-order valence-corrected chi connectivity index (χ4v) is 6.69. The third kappa shape index (κ3) is 3.61. The van der Waals surface area contributed by atoms with Crippen molar-refractivity contribution in [2.24, 2.45) is 0 Å². The van der Waals surface area contributed by atoms with Crippen molar-refractivity contribution in [3.63, 3.8) is 0 Å². The number of methoxy groups -OCH3 is 1. The summed E-state index contributed by atoms with van der Waals surface area (Å²) in [5, 5.41) is 5.62. The monoisotopic (exact) mass is 480 g/mol. The SMILES string of the molecule is COc1cc(-c2[nH]c3sc(C4CCC(N(C)C5COC5)CC4)nc3c2C(C)C)cn2ncnc12. The minimum atomic E-state index is 0.338. The molecule has 0 aromatic carbocycles. The molecule has 1 aliphatic heterocycles. The van der Waals surface area contributed by atoms with Gasteiger partial charge in [-0.15, -0.1) is 11.3 Å². The van der Waals surface area contributed by atoms with E-state index in [4.69, 9.17) is 14.5 Å². The molecule has 0 unspecified atom stereocenters. The molecular formula is C25H32N6O2S. The Morgan fingerprint density at radius 1 is 1.21 bits per heavy atom. The number of H-pyrrole nitrogens is 1. The molecule has 2 fully saturated rings. The number of rotatable bonds is 6. The van der Waals surface area contributed by atoms with Crippen LogP contribution in [0, 0.1) is 0 Å². The Kier molecular flexibility index (Phi) is 5.58. The van der Waals surface area contributed by atoms with Gasteiger partial charge in [0, 0.05) is 29.3 Å². The van der Waals surface area contributed by atoms with Crippen molar-refractivity contribution in [1.29, 1.82) is 0 Å². The van der Waals surface area contributed by atoms with Crippen LogP contribution in [0.3, 0.4) is 0 Å². The number of hydrogen-bond donors (Lipinski definition) is 1. The highest BCUT2D eigenvalue weighted by Gasteiger charge is 2.33. The van der Waals surface area contributed by atoms with E-state index < -0.39 is 0 Å². The van der Waals surface area contributed by atoms with Crippen LogP contribution in [0.1, 0.15) is 61.9 Å². The number of likely N-dealkylation sites (N-methyl/N-ethyl adjacent to an activating group) is 1. The first-order valence-electron chi connectivity index (χ1n) is 12.2. The zero-order chi connectivity index (χ0) is 23.4. The first-order chi connectivity index (χ1) is 16.5. The molecule has 0 radical (unpaired) electrons. The largest absolute Gasteiger partial charge is 0.493 e. The van der Waals surface area contributed by atoms with Crippen LogP contribution in [0.4, 0.5) is 0 Å². The molecule has 8 nitrogen and oxygen atoms in total.